The molecule has 27 heavy (non-hydrogen) atoms. The number of unbranched alkanes of at least 4 members (excludes halogenated alkanes) is 1. The molecule has 0 saturated heterocycles. The lowest BCUT2D eigenvalue weighted by atomic mass is 10.2. The van der Waals surface area contributed by atoms with E-state index in [1.54, 1.807) is 16.7 Å². The molecule has 148 valence electrons. The summed E-state index contributed by atoms with van der Waals surface area (Å²) >= 11 is 3.60. The number of hydrogen-bond acceptors (Lipinski definition) is 2. The summed E-state index contributed by atoms with van der Waals surface area (Å²) in [6.07, 6.45) is 3.71. The molecule has 2 rings (SSSR count). The average Bonchev–Trinajstić information content (AvgIpc) is 2.64. The van der Waals surface area contributed by atoms with Crippen molar-refractivity contribution in [2.45, 2.75) is 32.9 Å². The number of aromatic nitrogens is 1. The van der Waals surface area contributed by atoms with Crippen LogP contribution in [0.15, 0.2) is 62.9 Å². The molecule has 2 aromatic rings. The highest BCUT2D eigenvalue weighted by Gasteiger charge is 2.08. The first-order valence-electron chi connectivity index (χ1n) is 9.00. The standard InChI is InChI=1S/C20H27BrN4O.HI/c1-3-22-20(24(2)16-17-10-4-5-11-18(17)21)23-13-7-9-15-25-14-8-6-12-19(25)26;/h4-6,8,10-12,14H,3,7,9,13,15-16H2,1-2H3,(H,22,23);1H. The Balaban J connectivity index is 0.00000364. The molecule has 1 N–H and O–H groups in total. The van der Waals surface area contributed by atoms with Crippen molar-refractivity contribution in [1.82, 2.24) is 14.8 Å². The number of aliphatic imine (C=N–C) groups is 1. The zero-order valence-corrected chi connectivity index (χ0v) is 19.8. The molecule has 0 saturated carbocycles. The highest BCUT2D eigenvalue weighted by molar-refractivity contribution is 14.0. The van der Waals surface area contributed by atoms with Gasteiger partial charge in [0, 0.05) is 50.0 Å². The van der Waals surface area contributed by atoms with Crippen molar-refractivity contribution in [3.63, 3.8) is 0 Å². The molecule has 0 radical (unpaired) electrons. The fraction of sp³-hybridized carbons (Fsp3) is 0.400. The van der Waals surface area contributed by atoms with E-state index in [2.05, 4.69) is 45.2 Å². The highest BCUT2D eigenvalue weighted by Crippen LogP contribution is 2.17. The van der Waals surface area contributed by atoms with E-state index in [9.17, 15) is 4.79 Å². The summed E-state index contributed by atoms with van der Waals surface area (Å²) in [5, 5.41) is 3.35. The molecule has 0 atom stereocenters. The van der Waals surface area contributed by atoms with Crippen LogP contribution < -0.4 is 10.9 Å². The summed E-state index contributed by atoms with van der Waals surface area (Å²) in [4.78, 5) is 18.5. The summed E-state index contributed by atoms with van der Waals surface area (Å²) in [6.45, 7) is 5.16. The SMILES string of the molecule is CCNC(=NCCCCn1ccccc1=O)N(C)Cc1ccccc1Br.I. The molecule has 0 unspecified atom stereocenters. The molecule has 0 bridgehead atoms. The van der Waals surface area contributed by atoms with Crippen LogP contribution in [0.2, 0.25) is 0 Å². The smallest absolute Gasteiger partial charge is 0.250 e. The van der Waals surface area contributed by atoms with Gasteiger partial charge in [-0.1, -0.05) is 40.2 Å². The Hall–Kier alpha value is -1.35. The summed E-state index contributed by atoms with van der Waals surface area (Å²) in [7, 11) is 2.05. The van der Waals surface area contributed by atoms with Crippen molar-refractivity contribution in [3.8, 4) is 0 Å². The summed E-state index contributed by atoms with van der Waals surface area (Å²) in [6, 6.07) is 13.5. The number of aryl methyl sites for hydroxylation is 1. The van der Waals surface area contributed by atoms with Gasteiger partial charge in [-0.3, -0.25) is 9.79 Å². The number of guanidine groups is 1. The minimum Gasteiger partial charge on any atom is -0.357 e. The van der Waals surface area contributed by atoms with Gasteiger partial charge in [0.1, 0.15) is 0 Å². The van der Waals surface area contributed by atoms with Crippen LogP contribution in [0.25, 0.3) is 0 Å². The zero-order valence-electron chi connectivity index (χ0n) is 15.9. The Bertz CT molecular complexity index is 778. The van der Waals surface area contributed by atoms with Crippen molar-refractivity contribution in [3.05, 3.63) is 69.1 Å². The van der Waals surface area contributed by atoms with Gasteiger partial charge < -0.3 is 14.8 Å². The summed E-state index contributed by atoms with van der Waals surface area (Å²) in [5.74, 6) is 0.903. The summed E-state index contributed by atoms with van der Waals surface area (Å²) < 4.78 is 2.85. The van der Waals surface area contributed by atoms with Gasteiger partial charge in [-0.2, -0.15) is 0 Å². The monoisotopic (exact) mass is 546 g/mol. The molecule has 0 fully saturated rings. The van der Waals surface area contributed by atoms with E-state index in [1.165, 1.54) is 5.56 Å². The van der Waals surface area contributed by atoms with E-state index < -0.39 is 0 Å². The van der Waals surface area contributed by atoms with Crippen LogP contribution >= 0.6 is 39.9 Å². The Kier molecular flexibility index (Phi) is 11.3. The average molecular weight is 547 g/mol. The van der Waals surface area contributed by atoms with Gasteiger partial charge in [0.25, 0.3) is 0 Å². The number of hydrogen-bond donors (Lipinski definition) is 1. The van der Waals surface area contributed by atoms with E-state index in [4.69, 9.17) is 4.99 Å². The molecule has 0 spiro atoms. The topological polar surface area (TPSA) is 49.6 Å². The van der Waals surface area contributed by atoms with Crippen molar-refractivity contribution < 1.29 is 0 Å². The fourth-order valence-electron chi connectivity index (χ4n) is 2.65. The van der Waals surface area contributed by atoms with Crippen LogP contribution in [-0.4, -0.2) is 35.6 Å². The third-order valence-electron chi connectivity index (χ3n) is 4.03. The first kappa shape index (κ1) is 23.7. The normalized spacial score (nSPS) is 11.0. The Morgan fingerprint density at radius 2 is 1.93 bits per heavy atom. The van der Waals surface area contributed by atoms with Crippen LogP contribution in [-0.2, 0) is 13.1 Å². The second kappa shape index (κ2) is 12.9. The van der Waals surface area contributed by atoms with Gasteiger partial charge in [-0.05, 0) is 37.5 Å². The van der Waals surface area contributed by atoms with Crippen molar-refractivity contribution in [1.29, 1.82) is 0 Å². The third kappa shape index (κ3) is 8.04. The fourth-order valence-corrected chi connectivity index (χ4v) is 3.06. The molecule has 0 aliphatic carbocycles. The van der Waals surface area contributed by atoms with Crippen molar-refractivity contribution in [2.75, 3.05) is 20.1 Å². The molecule has 1 heterocycles. The number of rotatable bonds is 8. The molecule has 1 aromatic heterocycles. The van der Waals surface area contributed by atoms with E-state index in [0.29, 0.717) is 0 Å². The lowest BCUT2D eigenvalue weighted by Crippen LogP contribution is -2.38. The van der Waals surface area contributed by atoms with Crippen molar-refractivity contribution in [2.24, 2.45) is 4.99 Å². The quantitative estimate of drug-likeness (QED) is 0.235. The van der Waals surface area contributed by atoms with Gasteiger partial charge in [-0.15, -0.1) is 24.0 Å². The minimum atomic E-state index is 0. The van der Waals surface area contributed by atoms with Crippen LogP contribution in [0.5, 0.6) is 0 Å². The molecule has 5 nitrogen and oxygen atoms in total. The lowest BCUT2D eigenvalue weighted by Gasteiger charge is -2.22. The molecule has 1 aromatic carbocycles. The lowest BCUT2D eigenvalue weighted by molar-refractivity contribution is 0.474. The van der Waals surface area contributed by atoms with Gasteiger partial charge >= 0.3 is 0 Å². The minimum absolute atomic E-state index is 0. The van der Waals surface area contributed by atoms with Gasteiger partial charge in [0.2, 0.25) is 5.56 Å². The van der Waals surface area contributed by atoms with Gasteiger partial charge in [0.05, 0.1) is 0 Å². The molecule has 0 aliphatic rings. The largest absolute Gasteiger partial charge is 0.357 e. The maximum absolute atomic E-state index is 11.7. The Morgan fingerprint density at radius 3 is 2.63 bits per heavy atom. The second-order valence-corrected chi connectivity index (χ2v) is 6.98. The second-order valence-electron chi connectivity index (χ2n) is 6.12. The van der Waals surface area contributed by atoms with Crippen LogP contribution in [0.4, 0.5) is 0 Å². The Labute approximate surface area is 187 Å². The maximum atomic E-state index is 11.7. The molecule has 7 heteroatoms. The predicted octanol–water partition coefficient (Wildman–Crippen LogP) is 4.11. The van der Waals surface area contributed by atoms with Crippen LogP contribution in [0.1, 0.15) is 25.3 Å². The van der Waals surface area contributed by atoms with Gasteiger partial charge in [0.15, 0.2) is 5.96 Å². The molecule has 0 aliphatic heterocycles. The first-order valence-corrected chi connectivity index (χ1v) is 9.79. The van der Waals surface area contributed by atoms with Crippen LogP contribution in [0, 0.1) is 0 Å². The number of halogens is 2. The molecular formula is C20H28BrIN4O. The maximum Gasteiger partial charge on any atom is 0.250 e. The van der Waals surface area contributed by atoms with E-state index in [1.807, 2.05) is 31.4 Å². The zero-order chi connectivity index (χ0) is 18.8. The molecule has 0 amide bonds. The number of nitrogens with one attached hydrogen (secondary N) is 1. The van der Waals surface area contributed by atoms with Gasteiger partial charge in [-0.25, -0.2) is 0 Å². The number of pyridine rings is 1. The van der Waals surface area contributed by atoms with E-state index >= 15 is 0 Å². The third-order valence-corrected chi connectivity index (χ3v) is 4.80. The Morgan fingerprint density at radius 1 is 1.19 bits per heavy atom. The van der Waals surface area contributed by atoms with E-state index in [0.717, 1.165) is 49.5 Å². The molecular weight excluding hydrogens is 519 g/mol. The van der Waals surface area contributed by atoms with Crippen LogP contribution in [0.3, 0.4) is 0 Å². The predicted molar refractivity (Wildman–Crippen MR) is 127 cm³/mol. The number of nitrogens with zero attached hydrogens (tertiary/aromatic N) is 3. The number of benzene rings is 1. The van der Waals surface area contributed by atoms with Crippen molar-refractivity contribution >= 4 is 45.9 Å². The van der Waals surface area contributed by atoms with E-state index in [-0.39, 0.29) is 29.5 Å². The first-order chi connectivity index (χ1) is 12.6. The highest BCUT2D eigenvalue weighted by atomic mass is 127. The summed E-state index contributed by atoms with van der Waals surface area (Å²) in [5.41, 5.74) is 1.28.